The summed E-state index contributed by atoms with van der Waals surface area (Å²) in [7, 11) is 0. The Morgan fingerprint density at radius 3 is 3.05 bits per heavy atom. The Hall–Kier alpha value is -1.85. The first-order chi connectivity index (χ1) is 9.65. The van der Waals surface area contributed by atoms with Crippen LogP contribution in [0.25, 0.3) is 0 Å². The van der Waals surface area contributed by atoms with Gasteiger partial charge in [-0.2, -0.15) is 5.10 Å². The molecule has 0 unspecified atom stereocenters. The van der Waals surface area contributed by atoms with E-state index in [-0.39, 0.29) is 12.5 Å². The van der Waals surface area contributed by atoms with E-state index in [9.17, 15) is 4.79 Å². The SMILES string of the molecule is Cc1ccsc1/C=N/NC(=O)COc1cccc(Cl)c1. The van der Waals surface area contributed by atoms with Gasteiger partial charge in [0.2, 0.25) is 0 Å². The highest BCUT2D eigenvalue weighted by Crippen LogP contribution is 2.16. The van der Waals surface area contributed by atoms with Gasteiger partial charge in [0, 0.05) is 9.90 Å². The van der Waals surface area contributed by atoms with Crippen molar-refractivity contribution in [3.8, 4) is 5.75 Å². The number of hydrazone groups is 1. The summed E-state index contributed by atoms with van der Waals surface area (Å²) in [5, 5.41) is 6.42. The predicted octanol–water partition coefficient (Wildman–Crippen LogP) is 3.24. The maximum absolute atomic E-state index is 11.5. The van der Waals surface area contributed by atoms with Crippen molar-refractivity contribution in [2.75, 3.05) is 6.61 Å². The van der Waals surface area contributed by atoms with Crippen LogP contribution in [-0.4, -0.2) is 18.7 Å². The third kappa shape index (κ3) is 4.36. The number of nitrogens with one attached hydrogen (secondary N) is 1. The van der Waals surface area contributed by atoms with Crippen molar-refractivity contribution in [3.63, 3.8) is 0 Å². The molecule has 0 aliphatic carbocycles. The monoisotopic (exact) mass is 308 g/mol. The summed E-state index contributed by atoms with van der Waals surface area (Å²) in [6, 6.07) is 8.87. The van der Waals surface area contributed by atoms with Crippen LogP contribution >= 0.6 is 22.9 Å². The first-order valence-corrected chi connectivity index (χ1v) is 7.15. The van der Waals surface area contributed by atoms with E-state index in [0.717, 1.165) is 10.4 Å². The zero-order valence-electron chi connectivity index (χ0n) is 10.8. The normalized spacial score (nSPS) is 10.7. The van der Waals surface area contributed by atoms with Gasteiger partial charge in [-0.1, -0.05) is 17.7 Å². The Kier molecular flexibility index (Phi) is 5.15. The molecule has 1 heterocycles. The lowest BCUT2D eigenvalue weighted by atomic mass is 10.3. The molecule has 0 saturated carbocycles. The van der Waals surface area contributed by atoms with Gasteiger partial charge in [-0.15, -0.1) is 11.3 Å². The minimum atomic E-state index is -0.324. The van der Waals surface area contributed by atoms with Gasteiger partial charge in [0.1, 0.15) is 5.75 Å². The lowest BCUT2D eigenvalue weighted by Gasteiger charge is -2.04. The minimum Gasteiger partial charge on any atom is -0.484 e. The van der Waals surface area contributed by atoms with E-state index >= 15 is 0 Å². The fourth-order valence-electron chi connectivity index (χ4n) is 1.42. The molecule has 0 spiro atoms. The van der Waals surface area contributed by atoms with Crippen molar-refractivity contribution in [2.24, 2.45) is 5.10 Å². The van der Waals surface area contributed by atoms with Gasteiger partial charge in [-0.3, -0.25) is 4.79 Å². The highest BCUT2D eigenvalue weighted by molar-refractivity contribution is 7.11. The number of amides is 1. The van der Waals surface area contributed by atoms with Crippen molar-refractivity contribution < 1.29 is 9.53 Å². The average molecular weight is 309 g/mol. The first kappa shape index (κ1) is 14.6. The maximum atomic E-state index is 11.5. The zero-order chi connectivity index (χ0) is 14.4. The van der Waals surface area contributed by atoms with E-state index < -0.39 is 0 Å². The highest BCUT2D eigenvalue weighted by Gasteiger charge is 2.02. The number of nitrogens with zero attached hydrogens (tertiary/aromatic N) is 1. The summed E-state index contributed by atoms with van der Waals surface area (Å²) in [6.07, 6.45) is 1.62. The molecule has 1 amide bonds. The van der Waals surface area contributed by atoms with Gasteiger partial charge < -0.3 is 4.74 Å². The predicted molar refractivity (Wildman–Crippen MR) is 81.7 cm³/mol. The molecule has 0 aliphatic rings. The van der Waals surface area contributed by atoms with Crippen LogP contribution in [0.4, 0.5) is 0 Å². The average Bonchev–Trinajstić information content (AvgIpc) is 2.82. The molecule has 1 N–H and O–H groups in total. The van der Waals surface area contributed by atoms with E-state index in [1.807, 2.05) is 18.4 Å². The number of carbonyl (C=O) groups is 1. The summed E-state index contributed by atoms with van der Waals surface area (Å²) in [4.78, 5) is 12.6. The van der Waals surface area contributed by atoms with Crippen molar-refractivity contribution in [1.29, 1.82) is 0 Å². The largest absolute Gasteiger partial charge is 0.484 e. The van der Waals surface area contributed by atoms with Gasteiger partial charge in [-0.05, 0) is 42.1 Å². The van der Waals surface area contributed by atoms with Crippen LogP contribution in [0.2, 0.25) is 5.02 Å². The number of rotatable bonds is 5. The number of carbonyl (C=O) groups excluding carboxylic acids is 1. The third-order valence-electron chi connectivity index (χ3n) is 2.44. The standard InChI is InChI=1S/C14H13ClN2O2S/c1-10-5-6-20-13(10)8-16-17-14(18)9-19-12-4-2-3-11(15)7-12/h2-8H,9H2,1H3,(H,17,18)/b16-8+. The van der Waals surface area contributed by atoms with Crippen LogP contribution in [0.5, 0.6) is 5.75 Å². The van der Waals surface area contributed by atoms with Crippen molar-refractivity contribution in [1.82, 2.24) is 5.43 Å². The fourth-order valence-corrected chi connectivity index (χ4v) is 2.38. The first-order valence-electron chi connectivity index (χ1n) is 5.89. The van der Waals surface area contributed by atoms with E-state index in [4.69, 9.17) is 16.3 Å². The highest BCUT2D eigenvalue weighted by atomic mass is 35.5. The quantitative estimate of drug-likeness (QED) is 0.681. The number of halogens is 1. The van der Waals surface area contributed by atoms with E-state index in [1.54, 1.807) is 41.8 Å². The molecule has 0 fully saturated rings. The lowest BCUT2D eigenvalue weighted by Crippen LogP contribution is -2.24. The van der Waals surface area contributed by atoms with E-state index in [1.165, 1.54) is 0 Å². The molecular formula is C14H13ClN2O2S. The third-order valence-corrected chi connectivity index (χ3v) is 3.63. The number of benzene rings is 1. The summed E-state index contributed by atoms with van der Waals surface area (Å²) < 4.78 is 5.29. The summed E-state index contributed by atoms with van der Waals surface area (Å²) in [5.41, 5.74) is 3.54. The molecule has 0 atom stereocenters. The van der Waals surface area contributed by atoms with Gasteiger partial charge in [0.25, 0.3) is 5.91 Å². The van der Waals surface area contributed by atoms with Crippen LogP contribution in [0.3, 0.4) is 0 Å². The molecule has 4 nitrogen and oxygen atoms in total. The second-order valence-electron chi connectivity index (χ2n) is 4.01. The Morgan fingerprint density at radius 2 is 2.35 bits per heavy atom. The summed E-state index contributed by atoms with van der Waals surface area (Å²) in [5.74, 6) is 0.223. The van der Waals surface area contributed by atoms with Crippen LogP contribution in [0.1, 0.15) is 10.4 Å². The smallest absolute Gasteiger partial charge is 0.277 e. The van der Waals surface area contributed by atoms with Crippen molar-refractivity contribution >= 4 is 35.1 Å². The topological polar surface area (TPSA) is 50.7 Å². The Labute approximate surface area is 126 Å². The van der Waals surface area contributed by atoms with Crippen LogP contribution in [0, 0.1) is 6.92 Å². The zero-order valence-corrected chi connectivity index (χ0v) is 12.4. The van der Waals surface area contributed by atoms with E-state index in [0.29, 0.717) is 10.8 Å². The molecule has 0 bridgehead atoms. The Balaban J connectivity index is 1.79. The molecular weight excluding hydrogens is 296 g/mol. The Morgan fingerprint density at radius 1 is 1.50 bits per heavy atom. The number of aryl methyl sites for hydroxylation is 1. The number of hydrogen-bond donors (Lipinski definition) is 1. The second-order valence-corrected chi connectivity index (χ2v) is 5.39. The molecule has 0 aliphatic heterocycles. The van der Waals surface area contributed by atoms with Crippen molar-refractivity contribution in [2.45, 2.75) is 6.92 Å². The summed E-state index contributed by atoms with van der Waals surface area (Å²) in [6.45, 7) is 1.88. The molecule has 1 aromatic heterocycles. The number of thiophene rings is 1. The molecule has 2 aromatic rings. The lowest BCUT2D eigenvalue weighted by molar-refractivity contribution is -0.123. The van der Waals surface area contributed by atoms with Gasteiger partial charge in [-0.25, -0.2) is 5.43 Å². The van der Waals surface area contributed by atoms with Crippen LogP contribution in [0.15, 0.2) is 40.8 Å². The molecule has 0 saturated heterocycles. The van der Waals surface area contributed by atoms with Gasteiger partial charge in [0.05, 0.1) is 6.21 Å². The number of ether oxygens (including phenoxy) is 1. The maximum Gasteiger partial charge on any atom is 0.277 e. The van der Waals surface area contributed by atoms with Gasteiger partial charge >= 0.3 is 0 Å². The molecule has 6 heteroatoms. The Bertz CT molecular complexity index is 625. The van der Waals surface area contributed by atoms with Crippen LogP contribution < -0.4 is 10.2 Å². The molecule has 0 radical (unpaired) electrons. The molecule has 2 rings (SSSR count). The van der Waals surface area contributed by atoms with E-state index in [2.05, 4.69) is 10.5 Å². The molecule has 1 aromatic carbocycles. The van der Waals surface area contributed by atoms with Crippen molar-refractivity contribution in [3.05, 3.63) is 51.2 Å². The minimum absolute atomic E-state index is 0.110. The van der Waals surface area contributed by atoms with Gasteiger partial charge in [0.15, 0.2) is 6.61 Å². The molecule has 20 heavy (non-hydrogen) atoms. The second kappa shape index (κ2) is 7.07. The number of hydrogen-bond acceptors (Lipinski definition) is 4. The summed E-state index contributed by atoms with van der Waals surface area (Å²) >= 11 is 7.38. The fraction of sp³-hybridized carbons (Fsp3) is 0.143. The van der Waals surface area contributed by atoms with Crippen LogP contribution in [-0.2, 0) is 4.79 Å². The molecule has 104 valence electrons.